The van der Waals surface area contributed by atoms with E-state index in [4.69, 9.17) is 5.26 Å². The molecule has 0 radical (unpaired) electrons. The van der Waals surface area contributed by atoms with Crippen molar-refractivity contribution in [3.05, 3.63) is 64.5 Å². The van der Waals surface area contributed by atoms with Crippen LogP contribution in [0.15, 0.2) is 30.5 Å². The zero-order chi connectivity index (χ0) is 20.0. The third-order valence-corrected chi connectivity index (χ3v) is 5.30. The van der Waals surface area contributed by atoms with E-state index < -0.39 is 17.8 Å². The van der Waals surface area contributed by atoms with Crippen LogP contribution in [-0.4, -0.2) is 28.2 Å². The molecule has 142 valence electrons. The van der Waals surface area contributed by atoms with Gasteiger partial charge in [-0.3, -0.25) is 14.6 Å². The van der Waals surface area contributed by atoms with Crippen molar-refractivity contribution in [1.29, 1.82) is 5.26 Å². The molecule has 0 saturated carbocycles. The Labute approximate surface area is 159 Å². The first-order valence-electron chi connectivity index (χ1n) is 8.83. The van der Waals surface area contributed by atoms with Crippen molar-refractivity contribution < 1.29 is 18.4 Å². The summed E-state index contributed by atoms with van der Waals surface area (Å²) in [4.78, 5) is 30.3. The average Bonchev–Trinajstić information content (AvgIpc) is 3.17. The Bertz CT molecular complexity index is 1030. The van der Waals surface area contributed by atoms with Crippen LogP contribution < -0.4 is 5.32 Å². The maximum atomic E-state index is 14.1. The van der Waals surface area contributed by atoms with Gasteiger partial charge in [-0.25, -0.2) is 8.78 Å². The SMILES string of the molecule is C[C@H](NC(=O)CN1C(=O)[C@@H]2C[C@H]1c1cc(F)ccc12)c1ncc(C#N)cc1F. The van der Waals surface area contributed by atoms with Gasteiger partial charge in [0.25, 0.3) is 0 Å². The lowest BCUT2D eigenvalue weighted by atomic mass is 9.98. The summed E-state index contributed by atoms with van der Waals surface area (Å²) in [6, 6.07) is 6.17. The number of rotatable bonds is 4. The van der Waals surface area contributed by atoms with Gasteiger partial charge >= 0.3 is 0 Å². The van der Waals surface area contributed by atoms with Gasteiger partial charge in [-0.05, 0) is 42.7 Å². The van der Waals surface area contributed by atoms with Crippen LogP contribution in [0.3, 0.4) is 0 Å². The van der Waals surface area contributed by atoms with Crippen molar-refractivity contribution in [1.82, 2.24) is 15.2 Å². The molecule has 1 saturated heterocycles. The second-order valence-electron chi connectivity index (χ2n) is 7.04. The van der Waals surface area contributed by atoms with Crippen molar-refractivity contribution in [2.45, 2.75) is 31.3 Å². The highest BCUT2D eigenvalue weighted by Crippen LogP contribution is 2.50. The Hall–Kier alpha value is -3.34. The number of hydrogen-bond donors (Lipinski definition) is 1. The van der Waals surface area contributed by atoms with Gasteiger partial charge in [0.05, 0.1) is 29.3 Å². The molecule has 2 amide bonds. The highest BCUT2D eigenvalue weighted by molar-refractivity contribution is 5.93. The molecule has 1 aliphatic heterocycles. The van der Waals surface area contributed by atoms with Crippen molar-refractivity contribution in [3.63, 3.8) is 0 Å². The average molecular weight is 382 g/mol. The second-order valence-corrected chi connectivity index (χ2v) is 7.04. The predicted molar refractivity (Wildman–Crippen MR) is 93.7 cm³/mol. The van der Waals surface area contributed by atoms with Crippen LogP contribution in [0.5, 0.6) is 0 Å². The molecule has 0 unspecified atom stereocenters. The fourth-order valence-electron chi connectivity index (χ4n) is 4.04. The Morgan fingerprint density at radius 2 is 2.18 bits per heavy atom. The normalized spacial score (nSPS) is 20.6. The molecule has 2 bridgehead atoms. The van der Waals surface area contributed by atoms with Crippen molar-refractivity contribution in [2.75, 3.05) is 6.54 Å². The van der Waals surface area contributed by atoms with E-state index in [0.29, 0.717) is 6.42 Å². The fourth-order valence-corrected chi connectivity index (χ4v) is 4.04. The zero-order valence-electron chi connectivity index (χ0n) is 14.9. The molecule has 2 aliphatic rings. The maximum Gasteiger partial charge on any atom is 0.240 e. The number of nitrogens with one attached hydrogen (secondary N) is 1. The number of hydrogen-bond acceptors (Lipinski definition) is 4. The summed E-state index contributed by atoms with van der Waals surface area (Å²) >= 11 is 0. The molecule has 1 aromatic heterocycles. The molecule has 2 aromatic rings. The van der Waals surface area contributed by atoms with Crippen LogP contribution in [0.4, 0.5) is 8.78 Å². The van der Waals surface area contributed by atoms with Gasteiger partial charge in [-0.1, -0.05) is 6.07 Å². The quantitative estimate of drug-likeness (QED) is 0.880. The summed E-state index contributed by atoms with van der Waals surface area (Å²) in [5.41, 5.74) is 1.66. The van der Waals surface area contributed by atoms with Crippen LogP contribution in [0.1, 0.15) is 53.7 Å². The number of amides is 2. The van der Waals surface area contributed by atoms with Gasteiger partial charge in [0, 0.05) is 6.20 Å². The molecule has 4 rings (SSSR count). The van der Waals surface area contributed by atoms with Crippen molar-refractivity contribution >= 4 is 11.8 Å². The van der Waals surface area contributed by atoms with Crippen LogP contribution in [-0.2, 0) is 9.59 Å². The molecule has 2 heterocycles. The Balaban J connectivity index is 1.46. The highest BCUT2D eigenvalue weighted by Gasteiger charge is 2.49. The molecule has 0 spiro atoms. The number of likely N-dealkylation sites (tertiary alicyclic amines) is 1. The van der Waals surface area contributed by atoms with E-state index in [-0.39, 0.29) is 41.5 Å². The maximum absolute atomic E-state index is 14.1. The third-order valence-electron chi connectivity index (χ3n) is 5.30. The summed E-state index contributed by atoms with van der Waals surface area (Å²) in [5.74, 6) is -2.03. The van der Waals surface area contributed by atoms with E-state index in [1.807, 2.05) is 0 Å². The lowest BCUT2D eigenvalue weighted by molar-refractivity contribution is -0.136. The van der Waals surface area contributed by atoms with E-state index in [1.54, 1.807) is 19.1 Å². The number of pyridine rings is 1. The first-order valence-corrected chi connectivity index (χ1v) is 8.83. The second kappa shape index (κ2) is 6.68. The monoisotopic (exact) mass is 382 g/mol. The molecular weight excluding hydrogens is 366 g/mol. The van der Waals surface area contributed by atoms with Gasteiger partial charge in [0.1, 0.15) is 24.2 Å². The number of aromatic nitrogens is 1. The fraction of sp³-hybridized carbons (Fsp3) is 0.300. The number of carbonyl (C=O) groups excluding carboxylic acids is 2. The topological polar surface area (TPSA) is 86.1 Å². The number of carbonyl (C=O) groups is 2. The number of fused-ring (bicyclic) bond motifs is 5. The molecule has 1 fully saturated rings. The number of nitriles is 1. The first-order chi connectivity index (χ1) is 13.4. The number of nitrogens with zero attached hydrogens (tertiary/aromatic N) is 3. The van der Waals surface area contributed by atoms with Gasteiger partial charge in [-0.15, -0.1) is 0 Å². The molecule has 1 aliphatic carbocycles. The Morgan fingerprint density at radius 3 is 2.89 bits per heavy atom. The summed E-state index contributed by atoms with van der Waals surface area (Å²) in [7, 11) is 0. The van der Waals surface area contributed by atoms with Gasteiger partial charge in [0.2, 0.25) is 11.8 Å². The van der Waals surface area contributed by atoms with E-state index in [9.17, 15) is 18.4 Å². The van der Waals surface area contributed by atoms with E-state index in [1.165, 1.54) is 23.2 Å². The minimum absolute atomic E-state index is 0.00837. The smallest absolute Gasteiger partial charge is 0.240 e. The predicted octanol–water partition coefficient (Wildman–Crippen LogP) is 2.48. The summed E-state index contributed by atoms with van der Waals surface area (Å²) in [6.07, 6.45) is 1.77. The lowest BCUT2D eigenvalue weighted by Crippen LogP contribution is -2.42. The third kappa shape index (κ3) is 2.89. The molecule has 1 N–H and O–H groups in total. The molecule has 1 aromatic carbocycles. The van der Waals surface area contributed by atoms with Crippen LogP contribution in [0.2, 0.25) is 0 Å². The largest absolute Gasteiger partial charge is 0.346 e. The van der Waals surface area contributed by atoms with Gasteiger partial charge in [0.15, 0.2) is 0 Å². The molecular formula is C20H16F2N4O2. The van der Waals surface area contributed by atoms with Gasteiger partial charge in [-0.2, -0.15) is 5.26 Å². The summed E-state index contributed by atoms with van der Waals surface area (Å²) in [6.45, 7) is 1.37. The molecule has 6 nitrogen and oxygen atoms in total. The molecule has 3 atom stereocenters. The van der Waals surface area contributed by atoms with Crippen LogP contribution in [0, 0.1) is 23.0 Å². The van der Waals surface area contributed by atoms with Gasteiger partial charge < -0.3 is 10.2 Å². The van der Waals surface area contributed by atoms with Crippen molar-refractivity contribution in [3.8, 4) is 6.07 Å². The molecule has 28 heavy (non-hydrogen) atoms. The Kier molecular flexibility index (Phi) is 4.30. The first kappa shape index (κ1) is 18.0. The standard InChI is InChI=1S/C20H16F2N4O2/c1-10(19-16(22)4-11(7-23)8-24-19)25-18(27)9-26-17-6-15(20(26)28)13-3-2-12(21)5-14(13)17/h2-5,8,10,15,17H,6,9H2,1H3,(H,25,27)/t10-,15+,17-/m0/s1. The van der Waals surface area contributed by atoms with E-state index >= 15 is 0 Å². The highest BCUT2D eigenvalue weighted by atomic mass is 19.1. The zero-order valence-corrected chi connectivity index (χ0v) is 14.9. The summed E-state index contributed by atoms with van der Waals surface area (Å²) < 4.78 is 27.6. The van der Waals surface area contributed by atoms with Crippen LogP contribution >= 0.6 is 0 Å². The summed E-state index contributed by atoms with van der Waals surface area (Å²) in [5, 5.41) is 11.4. The lowest BCUT2D eigenvalue weighted by Gasteiger charge is -2.29. The number of benzene rings is 1. The minimum atomic E-state index is -0.736. The minimum Gasteiger partial charge on any atom is -0.346 e. The van der Waals surface area contributed by atoms with Crippen molar-refractivity contribution in [2.24, 2.45) is 0 Å². The van der Waals surface area contributed by atoms with Crippen LogP contribution in [0.25, 0.3) is 0 Å². The van der Waals surface area contributed by atoms with E-state index in [2.05, 4.69) is 10.3 Å². The Morgan fingerprint density at radius 1 is 1.39 bits per heavy atom. The number of halogens is 2. The molecule has 8 heteroatoms. The van der Waals surface area contributed by atoms with E-state index in [0.717, 1.165) is 17.2 Å².